The molecule has 0 spiro atoms. The van der Waals surface area contributed by atoms with E-state index in [1.54, 1.807) is 37.3 Å². The number of likely N-dealkylation sites (N-methyl/N-ethyl adjacent to an activating group) is 1. The lowest BCUT2D eigenvalue weighted by Gasteiger charge is -2.32. The summed E-state index contributed by atoms with van der Waals surface area (Å²) in [5.41, 5.74) is 1.53. The maximum atomic E-state index is 13.5. The normalized spacial score (nSPS) is 15.5. The summed E-state index contributed by atoms with van der Waals surface area (Å²) in [6.07, 6.45) is 5.09. The number of carbonyl (C=O) groups is 2. The number of hydrogen-bond acceptors (Lipinski definition) is 4. The van der Waals surface area contributed by atoms with Gasteiger partial charge in [0.1, 0.15) is 6.04 Å². The van der Waals surface area contributed by atoms with Gasteiger partial charge in [-0.2, -0.15) is 4.31 Å². The number of carbonyl (C=O) groups excluding carboxylic acids is 2. The Labute approximate surface area is 223 Å². The molecule has 1 aliphatic rings. The van der Waals surface area contributed by atoms with Crippen molar-refractivity contribution in [2.45, 2.75) is 69.5 Å². The van der Waals surface area contributed by atoms with Crippen LogP contribution in [0.4, 0.5) is 0 Å². The third kappa shape index (κ3) is 7.22. The number of rotatable bonds is 9. The van der Waals surface area contributed by atoms with Gasteiger partial charge in [-0.25, -0.2) is 8.42 Å². The molecule has 7 nitrogen and oxygen atoms in total. The van der Waals surface area contributed by atoms with Gasteiger partial charge in [0.25, 0.3) is 0 Å². The van der Waals surface area contributed by atoms with Gasteiger partial charge in [-0.3, -0.25) is 9.59 Å². The van der Waals surface area contributed by atoms with Gasteiger partial charge in [0.05, 0.1) is 11.4 Å². The Morgan fingerprint density at radius 2 is 1.69 bits per heavy atom. The van der Waals surface area contributed by atoms with E-state index in [1.165, 1.54) is 24.1 Å². The molecule has 1 aliphatic carbocycles. The molecule has 36 heavy (non-hydrogen) atoms. The van der Waals surface area contributed by atoms with Crippen LogP contribution < -0.4 is 5.32 Å². The second kappa shape index (κ2) is 12.4. The number of benzene rings is 2. The van der Waals surface area contributed by atoms with E-state index in [1.807, 2.05) is 6.92 Å². The number of nitrogens with zero attached hydrogens (tertiary/aromatic N) is 2. The van der Waals surface area contributed by atoms with Gasteiger partial charge in [0.2, 0.25) is 21.8 Å². The first-order chi connectivity index (χ1) is 17.0. The number of hydrogen-bond donors (Lipinski definition) is 1. The third-order valence-electron chi connectivity index (χ3n) is 6.56. The van der Waals surface area contributed by atoms with Crippen molar-refractivity contribution in [3.05, 3.63) is 63.6 Å². The first-order valence-electron chi connectivity index (χ1n) is 12.1. The van der Waals surface area contributed by atoms with Crippen LogP contribution in [0.25, 0.3) is 0 Å². The second-order valence-electron chi connectivity index (χ2n) is 9.35. The lowest BCUT2D eigenvalue weighted by Crippen LogP contribution is -2.52. The quantitative estimate of drug-likeness (QED) is 0.483. The Kier molecular flexibility index (Phi) is 9.80. The molecule has 10 heteroatoms. The van der Waals surface area contributed by atoms with Crippen molar-refractivity contribution in [2.24, 2.45) is 0 Å². The van der Waals surface area contributed by atoms with E-state index in [-0.39, 0.29) is 23.4 Å². The van der Waals surface area contributed by atoms with Crippen LogP contribution in [0.3, 0.4) is 0 Å². The summed E-state index contributed by atoms with van der Waals surface area (Å²) in [5, 5.41) is 3.87. The lowest BCUT2D eigenvalue weighted by atomic mass is 9.95. The summed E-state index contributed by atoms with van der Waals surface area (Å²) in [5.74, 6) is -0.783. The SMILES string of the molecule is Cc1ccc(S(=O)(=O)N(C)CC(=O)N(Cc2ccc(Cl)cc2Cl)[C@H](C)C(=O)NC2CCCCC2)cc1. The summed E-state index contributed by atoms with van der Waals surface area (Å²) >= 11 is 12.4. The first-order valence-corrected chi connectivity index (χ1v) is 14.3. The van der Waals surface area contributed by atoms with Gasteiger partial charge >= 0.3 is 0 Å². The van der Waals surface area contributed by atoms with E-state index < -0.39 is 28.5 Å². The van der Waals surface area contributed by atoms with Crippen molar-refractivity contribution in [3.63, 3.8) is 0 Å². The predicted molar refractivity (Wildman–Crippen MR) is 142 cm³/mol. The van der Waals surface area contributed by atoms with Crippen molar-refractivity contribution in [3.8, 4) is 0 Å². The number of nitrogens with one attached hydrogen (secondary N) is 1. The molecule has 3 rings (SSSR count). The maximum Gasteiger partial charge on any atom is 0.243 e. The van der Waals surface area contributed by atoms with Crippen LogP contribution in [0.2, 0.25) is 10.0 Å². The van der Waals surface area contributed by atoms with Crippen LogP contribution >= 0.6 is 23.2 Å². The van der Waals surface area contributed by atoms with Crippen LogP contribution in [0, 0.1) is 6.92 Å². The fourth-order valence-corrected chi connectivity index (χ4v) is 5.83. The minimum Gasteiger partial charge on any atom is -0.352 e. The van der Waals surface area contributed by atoms with Crippen LogP contribution in [-0.4, -0.2) is 55.1 Å². The molecule has 2 aromatic carbocycles. The zero-order valence-electron chi connectivity index (χ0n) is 20.8. The summed E-state index contributed by atoms with van der Waals surface area (Å²) < 4.78 is 27.1. The van der Waals surface area contributed by atoms with Gasteiger partial charge in [0, 0.05) is 29.7 Å². The highest BCUT2D eigenvalue weighted by Crippen LogP contribution is 2.24. The molecule has 0 aromatic heterocycles. The van der Waals surface area contributed by atoms with Crippen molar-refractivity contribution < 1.29 is 18.0 Å². The van der Waals surface area contributed by atoms with E-state index in [4.69, 9.17) is 23.2 Å². The number of halogens is 2. The molecule has 1 saturated carbocycles. The Hall–Kier alpha value is -2.13. The third-order valence-corrected chi connectivity index (χ3v) is 8.97. The molecule has 196 valence electrons. The van der Waals surface area contributed by atoms with Crippen LogP contribution in [0.15, 0.2) is 47.4 Å². The molecular weight excluding hydrogens is 521 g/mol. The number of amides is 2. The van der Waals surface area contributed by atoms with Gasteiger partial charge in [-0.1, -0.05) is 66.2 Å². The molecule has 1 atom stereocenters. The average Bonchev–Trinajstić information content (AvgIpc) is 2.84. The number of aryl methyl sites for hydroxylation is 1. The van der Waals surface area contributed by atoms with Crippen molar-refractivity contribution in [2.75, 3.05) is 13.6 Å². The minimum atomic E-state index is -3.90. The van der Waals surface area contributed by atoms with E-state index >= 15 is 0 Å². The standard InChI is InChI=1S/C26H33Cl2N3O4S/c1-18-9-13-23(14-10-18)36(34,35)30(3)17-25(32)31(16-20-11-12-21(27)15-24(20)28)19(2)26(33)29-22-7-5-4-6-8-22/h9-15,19,22H,4-8,16-17H2,1-3H3,(H,29,33)/t19-/m1/s1. The highest BCUT2D eigenvalue weighted by Gasteiger charge is 2.31. The molecular formula is C26H33Cl2N3O4S. The van der Waals surface area contributed by atoms with Gasteiger partial charge in [0.15, 0.2) is 0 Å². The molecule has 0 saturated heterocycles. The van der Waals surface area contributed by atoms with Gasteiger partial charge < -0.3 is 10.2 Å². The first kappa shape index (κ1) is 28.4. The Balaban J connectivity index is 1.82. The van der Waals surface area contributed by atoms with Gasteiger partial charge in [-0.05, 0) is 56.5 Å². The van der Waals surface area contributed by atoms with Crippen molar-refractivity contribution in [1.29, 1.82) is 0 Å². The second-order valence-corrected chi connectivity index (χ2v) is 12.2. The molecule has 2 amide bonds. The lowest BCUT2D eigenvalue weighted by molar-refractivity contribution is -0.141. The topological polar surface area (TPSA) is 86.8 Å². The van der Waals surface area contributed by atoms with E-state index in [2.05, 4.69) is 5.32 Å². The van der Waals surface area contributed by atoms with E-state index in [9.17, 15) is 18.0 Å². The fourth-order valence-electron chi connectivity index (χ4n) is 4.24. The Bertz CT molecular complexity index is 1180. The molecule has 0 bridgehead atoms. The van der Waals surface area contributed by atoms with Crippen LogP contribution in [-0.2, 0) is 26.2 Å². The largest absolute Gasteiger partial charge is 0.352 e. The zero-order chi connectivity index (χ0) is 26.5. The average molecular weight is 555 g/mol. The van der Waals surface area contributed by atoms with Crippen molar-refractivity contribution >= 4 is 45.0 Å². The monoisotopic (exact) mass is 553 g/mol. The maximum absolute atomic E-state index is 13.5. The molecule has 2 aromatic rings. The smallest absolute Gasteiger partial charge is 0.243 e. The molecule has 1 fully saturated rings. The summed E-state index contributed by atoms with van der Waals surface area (Å²) in [4.78, 5) is 28.1. The Morgan fingerprint density at radius 3 is 2.31 bits per heavy atom. The molecule has 0 heterocycles. The number of sulfonamides is 1. The molecule has 0 radical (unpaired) electrons. The summed E-state index contributed by atoms with van der Waals surface area (Å²) in [6.45, 7) is 3.12. The minimum absolute atomic E-state index is 0.0342. The summed E-state index contributed by atoms with van der Waals surface area (Å²) in [7, 11) is -2.54. The highest BCUT2D eigenvalue weighted by molar-refractivity contribution is 7.89. The molecule has 1 N–H and O–H groups in total. The van der Waals surface area contributed by atoms with Crippen molar-refractivity contribution in [1.82, 2.24) is 14.5 Å². The zero-order valence-corrected chi connectivity index (χ0v) is 23.2. The molecule has 0 unspecified atom stereocenters. The van der Waals surface area contributed by atoms with Gasteiger partial charge in [-0.15, -0.1) is 0 Å². The molecule has 0 aliphatic heterocycles. The Morgan fingerprint density at radius 1 is 1.06 bits per heavy atom. The van der Waals surface area contributed by atoms with Crippen LogP contribution in [0.1, 0.15) is 50.2 Å². The summed E-state index contributed by atoms with van der Waals surface area (Å²) in [6, 6.07) is 10.6. The van der Waals surface area contributed by atoms with E-state index in [0.29, 0.717) is 15.6 Å². The fraction of sp³-hybridized carbons (Fsp3) is 0.462. The highest BCUT2D eigenvalue weighted by atomic mass is 35.5. The van der Waals surface area contributed by atoms with E-state index in [0.717, 1.165) is 42.0 Å². The van der Waals surface area contributed by atoms with Crippen LogP contribution in [0.5, 0.6) is 0 Å². The predicted octanol–water partition coefficient (Wildman–Crippen LogP) is 4.79.